The third-order valence-corrected chi connectivity index (χ3v) is 3.83. The van der Waals surface area contributed by atoms with E-state index in [1.807, 2.05) is 0 Å². The van der Waals surface area contributed by atoms with Gasteiger partial charge in [0.1, 0.15) is 6.33 Å². The number of rotatable bonds is 4. The number of aromatic nitrogens is 2. The van der Waals surface area contributed by atoms with Crippen LogP contribution in [0.1, 0.15) is 31.4 Å². The molecular weight excluding hydrogens is 248 g/mol. The summed E-state index contributed by atoms with van der Waals surface area (Å²) in [5.41, 5.74) is 5.87. The van der Waals surface area contributed by atoms with Gasteiger partial charge >= 0.3 is 0 Å². The highest BCUT2D eigenvalue weighted by Crippen LogP contribution is 2.38. The minimum Gasteiger partial charge on any atom is -0.392 e. The summed E-state index contributed by atoms with van der Waals surface area (Å²) in [6, 6.07) is 1.77. The van der Waals surface area contributed by atoms with Crippen LogP contribution in [-0.2, 0) is 11.3 Å². The molecule has 3 N–H and O–H groups in total. The van der Waals surface area contributed by atoms with Gasteiger partial charge in [-0.15, -0.1) is 0 Å². The maximum absolute atomic E-state index is 12.3. The summed E-state index contributed by atoms with van der Waals surface area (Å²) in [6.45, 7) is 0.381. The highest BCUT2D eigenvalue weighted by molar-refractivity contribution is 7.80. The van der Waals surface area contributed by atoms with E-state index in [0.717, 1.165) is 31.4 Å². The normalized spacial score (nSPS) is 17.3. The third kappa shape index (κ3) is 2.48. The van der Waals surface area contributed by atoms with Crippen LogP contribution in [0.5, 0.6) is 0 Å². The van der Waals surface area contributed by atoms with Crippen LogP contribution in [-0.4, -0.2) is 20.9 Å². The minimum atomic E-state index is -0.650. The standard InChI is InChI=1S/C12H16N4OS/c13-10(18)12(4-1-2-5-12)11(17)15-7-9-3-6-14-8-16-9/h3,6,8H,1-2,4-5,7H2,(H2,13,18)(H,15,17). The minimum absolute atomic E-state index is 0.0777. The van der Waals surface area contributed by atoms with E-state index in [1.165, 1.54) is 6.33 Å². The summed E-state index contributed by atoms with van der Waals surface area (Å²) in [6.07, 6.45) is 6.60. The molecule has 0 radical (unpaired) electrons. The molecule has 1 aromatic heterocycles. The zero-order chi connectivity index (χ0) is 13.0. The summed E-state index contributed by atoms with van der Waals surface area (Å²) >= 11 is 5.07. The van der Waals surface area contributed by atoms with Crippen molar-refractivity contribution in [1.29, 1.82) is 0 Å². The van der Waals surface area contributed by atoms with Gasteiger partial charge in [0.05, 0.1) is 22.6 Å². The molecule has 2 rings (SSSR count). The Labute approximate surface area is 111 Å². The molecule has 1 aliphatic carbocycles. The Balaban J connectivity index is 2.01. The van der Waals surface area contributed by atoms with Crippen LogP contribution in [0.25, 0.3) is 0 Å². The van der Waals surface area contributed by atoms with Crippen LogP contribution in [0.4, 0.5) is 0 Å². The molecule has 18 heavy (non-hydrogen) atoms. The van der Waals surface area contributed by atoms with Gasteiger partial charge in [0, 0.05) is 6.20 Å². The van der Waals surface area contributed by atoms with Gasteiger partial charge in [0.2, 0.25) is 5.91 Å². The first-order chi connectivity index (χ1) is 8.65. The topological polar surface area (TPSA) is 80.9 Å². The Kier molecular flexibility index (Phi) is 3.86. The van der Waals surface area contributed by atoms with Crippen LogP contribution in [0.3, 0.4) is 0 Å². The molecule has 1 aromatic rings. The van der Waals surface area contributed by atoms with Crippen molar-refractivity contribution in [1.82, 2.24) is 15.3 Å². The van der Waals surface area contributed by atoms with Crippen molar-refractivity contribution in [3.63, 3.8) is 0 Å². The van der Waals surface area contributed by atoms with E-state index < -0.39 is 5.41 Å². The summed E-state index contributed by atoms with van der Waals surface area (Å²) in [5.74, 6) is -0.0777. The van der Waals surface area contributed by atoms with E-state index in [2.05, 4.69) is 15.3 Å². The Morgan fingerprint density at radius 2 is 2.22 bits per heavy atom. The van der Waals surface area contributed by atoms with E-state index in [-0.39, 0.29) is 5.91 Å². The number of thiocarbonyl (C=S) groups is 1. The van der Waals surface area contributed by atoms with Crippen LogP contribution in [0.2, 0.25) is 0 Å². The maximum Gasteiger partial charge on any atom is 0.233 e. The Bertz CT molecular complexity index is 443. The van der Waals surface area contributed by atoms with Crippen molar-refractivity contribution in [2.24, 2.45) is 11.1 Å². The summed E-state index contributed by atoms with van der Waals surface area (Å²) in [7, 11) is 0. The second-order valence-corrected chi connectivity index (χ2v) is 4.98. The number of carbonyl (C=O) groups is 1. The van der Waals surface area contributed by atoms with Crippen molar-refractivity contribution in [2.75, 3.05) is 0 Å². The molecule has 0 aromatic carbocycles. The molecule has 1 saturated carbocycles. The van der Waals surface area contributed by atoms with Crippen LogP contribution >= 0.6 is 12.2 Å². The van der Waals surface area contributed by atoms with Crippen molar-refractivity contribution >= 4 is 23.1 Å². The number of nitrogens with one attached hydrogen (secondary N) is 1. The molecule has 5 nitrogen and oxygen atoms in total. The number of nitrogens with two attached hydrogens (primary N) is 1. The Morgan fingerprint density at radius 1 is 1.50 bits per heavy atom. The average Bonchev–Trinajstić information content (AvgIpc) is 2.88. The van der Waals surface area contributed by atoms with E-state index in [9.17, 15) is 4.79 Å². The highest BCUT2D eigenvalue weighted by atomic mass is 32.1. The third-order valence-electron chi connectivity index (χ3n) is 3.44. The van der Waals surface area contributed by atoms with Gasteiger partial charge in [-0.3, -0.25) is 4.79 Å². The lowest BCUT2D eigenvalue weighted by Gasteiger charge is -2.26. The molecule has 6 heteroatoms. The van der Waals surface area contributed by atoms with E-state index in [1.54, 1.807) is 12.3 Å². The number of hydrogen-bond donors (Lipinski definition) is 2. The molecule has 1 aliphatic rings. The summed E-state index contributed by atoms with van der Waals surface area (Å²) < 4.78 is 0. The first-order valence-corrected chi connectivity index (χ1v) is 6.39. The van der Waals surface area contributed by atoms with E-state index >= 15 is 0 Å². The second-order valence-electron chi connectivity index (χ2n) is 4.54. The zero-order valence-electron chi connectivity index (χ0n) is 10.1. The fourth-order valence-electron chi connectivity index (χ4n) is 2.33. The number of hydrogen-bond acceptors (Lipinski definition) is 4. The number of amides is 1. The summed E-state index contributed by atoms with van der Waals surface area (Å²) in [5, 5.41) is 2.87. The first-order valence-electron chi connectivity index (χ1n) is 5.98. The predicted molar refractivity (Wildman–Crippen MR) is 71.6 cm³/mol. The summed E-state index contributed by atoms with van der Waals surface area (Å²) in [4.78, 5) is 20.4. The molecule has 1 amide bonds. The molecule has 1 heterocycles. The van der Waals surface area contributed by atoms with Gasteiger partial charge in [-0.1, -0.05) is 25.1 Å². The lowest BCUT2D eigenvalue weighted by molar-refractivity contribution is -0.127. The molecule has 0 unspecified atom stereocenters. The molecule has 0 bridgehead atoms. The highest BCUT2D eigenvalue weighted by Gasteiger charge is 2.43. The molecule has 0 spiro atoms. The lowest BCUT2D eigenvalue weighted by atomic mass is 9.85. The van der Waals surface area contributed by atoms with Crippen LogP contribution < -0.4 is 11.1 Å². The molecular formula is C12H16N4OS. The average molecular weight is 264 g/mol. The number of nitrogens with zero attached hydrogens (tertiary/aromatic N) is 2. The molecule has 0 aliphatic heterocycles. The van der Waals surface area contributed by atoms with Crippen LogP contribution in [0.15, 0.2) is 18.6 Å². The van der Waals surface area contributed by atoms with Crippen molar-refractivity contribution in [3.05, 3.63) is 24.3 Å². The van der Waals surface area contributed by atoms with E-state index in [0.29, 0.717) is 11.5 Å². The predicted octanol–water partition coefficient (Wildman–Crippen LogP) is 0.939. The maximum atomic E-state index is 12.3. The van der Waals surface area contributed by atoms with Crippen molar-refractivity contribution < 1.29 is 4.79 Å². The van der Waals surface area contributed by atoms with Gasteiger partial charge in [-0.2, -0.15) is 0 Å². The van der Waals surface area contributed by atoms with E-state index in [4.69, 9.17) is 18.0 Å². The fourth-order valence-corrected chi connectivity index (χ4v) is 2.62. The van der Waals surface area contributed by atoms with Crippen molar-refractivity contribution in [3.8, 4) is 0 Å². The largest absolute Gasteiger partial charge is 0.392 e. The SMILES string of the molecule is NC(=S)C1(C(=O)NCc2ccncn2)CCCC1. The molecule has 1 fully saturated rings. The molecule has 96 valence electrons. The van der Waals surface area contributed by atoms with Gasteiger partial charge in [0.15, 0.2) is 0 Å². The zero-order valence-corrected chi connectivity index (χ0v) is 10.9. The van der Waals surface area contributed by atoms with Crippen molar-refractivity contribution in [2.45, 2.75) is 32.2 Å². The van der Waals surface area contributed by atoms with Crippen LogP contribution in [0, 0.1) is 5.41 Å². The molecule has 0 atom stereocenters. The number of carbonyl (C=O) groups excluding carboxylic acids is 1. The molecule has 0 saturated heterocycles. The second kappa shape index (κ2) is 5.39. The van der Waals surface area contributed by atoms with Gasteiger partial charge < -0.3 is 11.1 Å². The first kappa shape index (κ1) is 12.9. The van der Waals surface area contributed by atoms with Gasteiger partial charge in [0.25, 0.3) is 0 Å². The van der Waals surface area contributed by atoms with Gasteiger partial charge in [-0.25, -0.2) is 9.97 Å². The monoisotopic (exact) mass is 264 g/mol. The quantitative estimate of drug-likeness (QED) is 0.791. The smallest absolute Gasteiger partial charge is 0.233 e. The Hall–Kier alpha value is -1.56. The van der Waals surface area contributed by atoms with Gasteiger partial charge in [-0.05, 0) is 18.9 Å². The lowest BCUT2D eigenvalue weighted by Crippen LogP contribution is -2.47. The fraction of sp³-hybridized carbons (Fsp3) is 0.500. The Morgan fingerprint density at radius 3 is 2.78 bits per heavy atom.